The number of benzene rings is 2. The Bertz CT molecular complexity index is 1090. The second kappa shape index (κ2) is 11.2. The number of para-hydroxylation sites is 1. The molecule has 4 rings (SSSR count). The van der Waals surface area contributed by atoms with Crippen molar-refractivity contribution in [3.8, 4) is 5.75 Å². The summed E-state index contributed by atoms with van der Waals surface area (Å²) in [6, 6.07) is 16.4. The Kier molecular flexibility index (Phi) is 7.59. The topological polar surface area (TPSA) is 127 Å². The first-order chi connectivity index (χ1) is 16.6. The number of aromatic nitrogens is 3. The van der Waals surface area contributed by atoms with Crippen molar-refractivity contribution in [1.29, 1.82) is 0 Å². The monoisotopic (exact) mass is 463 g/mol. The van der Waals surface area contributed by atoms with Crippen molar-refractivity contribution < 1.29 is 14.3 Å². The Morgan fingerprint density at radius 2 is 1.88 bits per heavy atom. The van der Waals surface area contributed by atoms with Crippen LogP contribution in [0.25, 0.3) is 0 Å². The smallest absolute Gasteiger partial charge is 0.315 e. The molecule has 34 heavy (non-hydrogen) atoms. The minimum atomic E-state index is -0.389. The van der Waals surface area contributed by atoms with Gasteiger partial charge in [-0.05, 0) is 42.7 Å². The van der Waals surface area contributed by atoms with Crippen LogP contribution >= 0.6 is 0 Å². The zero-order valence-electron chi connectivity index (χ0n) is 18.9. The number of ether oxygens (including phenoxy) is 1. The standard InChI is InChI=1S/C24H29N7O3/c25-19-10-8-18(9-11-19)13-26-24(33)27-14-23(32)31-12-4-5-21(31)16-30-15-20(28-29-30)17-34-22-6-2-1-3-7-22/h1-3,6-11,15,21H,4-5,12-14,16-17,25H2,(H2,26,27,33). The molecular weight excluding hydrogens is 434 g/mol. The van der Waals surface area contributed by atoms with Gasteiger partial charge in [-0.2, -0.15) is 0 Å². The molecule has 10 nitrogen and oxygen atoms in total. The molecule has 0 radical (unpaired) electrons. The Balaban J connectivity index is 1.21. The Morgan fingerprint density at radius 1 is 1.09 bits per heavy atom. The van der Waals surface area contributed by atoms with Crippen LogP contribution < -0.4 is 21.1 Å². The summed E-state index contributed by atoms with van der Waals surface area (Å²) in [6.45, 7) is 1.84. The quantitative estimate of drug-likeness (QED) is 0.416. The molecule has 1 aliphatic heterocycles. The van der Waals surface area contributed by atoms with Crippen LogP contribution in [0.3, 0.4) is 0 Å². The molecule has 2 aromatic carbocycles. The maximum atomic E-state index is 12.7. The maximum absolute atomic E-state index is 12.7. The molecule has 1 aromatic heterocycles. The molecule has 1 aliphatic rings. The number of nitrogens with two attached hydrogens (primary N) is 1. The third kappa shape index (κ3) is 6.47. The first-order valence-electron chi connectivity index (χ1n) is 11.3. The number of urea groups is 1. The second-order valence-electron chi connectivity index (χ2n) is 8.19. The number of likely N-dealkylation sites (tertiary alicyclic amines) is 1. The van der Waals surface area contributed by atoms with Crippen LogP contribution in [-0.2, 0) is 24.5 Å². The van der Waals surface area contributed by atoms with Crippen LogP contribution in [0, 0.1) is 0 Å². The average molecular weight is 464 g/mol. The van der Waals surface area contributed by atoms with Crippen molar-refractivity contribution in [2.75, 3.05) is 18.8 Å². The maximum Gasteiger partial charge on any atom is 0.315 e. The number of nitrogens with zero attached hydrogens (tertiary/aromatic N) is 4. The average Bonchev–Trinajstić information content (AvgIpc) is 3.51. The van der Waals surface area contributed by atoms with Gasteiger partial charge in [-0.3, -0.25) is 9.48 Å². The van der Waals surface area contributed by atoms with Gasteiger partial charge < -0.3 is 26.0 Å². The van der Waals surface area contributed by atoms with Crippen molar-refractivity contribution in [2.45, 2.75) is 38.6 Å². The van der Waals surface area contributed by atoms with Gasteiger partial charge in [0.05, 0.1) is 25.3 Å². The molecule has 0 saturated carbocycles. The van der Waals surface area contributed by atoms with Crippen LogP contribution in [0.5, 0.6) is 5.75 Å². The normalized spacial score (nSPS) is 15.2. The van der Waals surface area contributed by atoms with Crippen LogP contribution in [0.4, 0.5) is 10.5 Å². The van der Waals surface area contributed by atoms with E-state index in [0.717, 1.165) is 29.8 Å². The first-order valence-corrected chi connectivity index (χ1v) is 11.3. The highest BCUT2D eigenvalue weighted by Crippen LogP contribution is 2.19. The van der Waals surface area contributed by atoms with E-state index in [2.05, 4.69) is 20.9 Å². The minimum absolute atomic E-state index is 0.0109. The third-order valence-corrected chi connectivity index (χ3v) is 5.64. The number of nitrogen functional groups attached to an aromatic ring is 1. The third-order valence-electron chi connectivity index (χ3n) is 5.64. The molecule has 1 unspecified atom stereocenters. The number of amides is 3. The fraction of sp³-hybridized carbons (Fsp3) is 0.333. The van der Waals surface area contributed by atoms with Crippen molar-refractivity contribution >= 4 is 17.6 Å². The van der Waals surface area contributed by atoms with E-state index in [1.165, 1.54) is 0 Å². The molecular formula is C24H29N7O3. The lowest BCUT2D eigenvalue weighted by Gasteiger charge is -2.24. The summed E-state index contributed by atoms with van der Waals surface area (Å²) in [5.41, 5.74) is 7.98. The minimum Gasteiger partial charge on any atom is -0.487 e. The van der Waals surface area contributed by atoms with E-state index in [0.29, 0.717) is 31.9 Å². The van der Waals surface area contributed by atoms with Crippen LogP contribution in [-0.4, -0.2) is 51.0 Å². The zero-order chi connectivity index (χ0) is 23.8. The predicted molar refractivity (Wildman–Crippen MR) is 127 cm³/mol. The molecule has 2 heterocycles. The van der Waals surface area contributed by atoms with Crippen molar-refractivity contribution in [1.82, 2.24) is 30.5 Å². The van der Waals surface area contributed by atoms with E-state index >= 15 is 0 Å². The molecule has 0 bridgehead atoms. The largest absolute Gasteiger partial charge is 0.487 e. The van der Waals surface area contributed by atoms with Gasteiger partial charge in [-0.15, -0.1) is 5.10 Å². The van der Waals surface area contributed by atoms with Crippen molar-refractivity contribution in [3.63, 3.8) is 0 Å². The van der Waals surface area contributed by atoms with E-state index in [1.807, 2.05) is 53.6 Å². The Labute approximate surface area is 198 Å². The summed E-state index contributed by atoms with van der Waals surface area (Å²) in [7, 11) is 0. The summed E-state index contributed by atoms with van der Waals surface area (Å²) in [4.78, 5) is 26.6. The lowest BCUT2D eigenvalue weighted by atomic mass is 10.2. The molecule has 178 valence electrons. The summed E-state index contributed by atoms with van der Waals surface area (Å²) in [6.07, 6.45) is 3.63. The van der Waals surface area contributed by atoms with Gasteiger partial charge >= 0.3 is 6.03 Å². The van der Waals surface area contributed by atoms with E-state index < -0.39 is 0 Å². The van der Waals surface area contributed by atoms with Gasteiger partial charge in [0.15, 0.2) is 0 Å². The van der Waals surface area contributed by atoms with Crippen LogP contribution in [0.15, 0.2) is 60.8 Å². The molecule has 1 saturated heterocycles. The molecule has 4 N–H and O–H groups in total. The first kappa shape index (κ1) is 23.1. The van der Waals surface area contributed by atoms with E-state index in [9.17, 15) is 9.59 Å². The highest BCUT2D eigenvalue weighted by atomic mass is 16.5. The van der Waals surface area contributed by atoms with Crippen LogP contribution in [0.2, 0.25) is 0 Å². The predicted octanol–water partition coefficient (Wildman–Crippen LogP) is 1.93. The fourth-order valence-corrected chi connectivity index (χ4v) is 3.88. The van der Waals surface area contributed by atoms with Gasteiger partial charge in [0, 0.05) is 18.8 Å². The number of hydrogen-bond donors (Lipinski definition) is 3. The highest BCUT2D eigenvalue weighted by Gasteiger charge is 2.29. The lowest BCUT2D eigenvalue weighted by Crippen LogP contribution is -2.46. The molecule has 0 spiro atoms. The van der Waals surface area contributed by atoms with Gasteiger partial charge in [0.25, 0.3) is 0 Å². The van der Waals surface area contributed by atoms with E-state index in [4.69, 9.17) is 10.5 Å². The van der Waals surface area contributed by atoms with Crippen molar-refractivity contribution in [2.24, 2.45) is 0 Å². The van der Waals surface area contributed by atoms with Gasteiger partial charge in [-0.1, -0.05) is 35.5 Å². The molecule has 3 amide bonds. The summed E-state index contributed by atoms with van der Waals surface area (Å²) < 4.78 is 7.45. The molecule has 1 atom stereocenters. The fourth-order valence-electron chi connectivity index (χ4n) is 3.88. The van der Waals surface area contributed by atoms with Crippen molar-refractivity contribution in [3.05, 3.63) is 72.1 Å². The highest BCUT2D eigenvalue weighted by molar-refractivity contribution is 5.84. The van der Waals surface area contributed by atoms with Gasteiger partial charge in [0.2, 0.25) is 5.91 Å². The summed E-state index contributed by atoms with van der Waals surface area (Å²) in [5.74, 6) is 0.660. The molecule has 1 fully saturated rings. The molecule has 3 aromatic rings. The van der Waals surface area contributed by atoms with Gasteiger partial charge in [-0.25, -0.2) is 4.79 Å². The number of carbonyl (C=O) groups excluding carboxylic acids is 2. The Morgan fingerprint density at radius 3 is 2.68 bits per heavy atom. The van der Waals surface area contributed by atoms with Crippen LogP contribution in [0.1, 0.15) is 24.1 Å². The summed E-state index contributed by atoms with van der Waals surface area (Å²) >= 11 is 0. The number of hydrogen-bond acceptors (Lipinski definition) is 6. The SMILES string of the molecule is Nc1ccc(CNC(=O)NCC(=O)N2CCCC2Cn2cc(COc3ccccc3)nn2)cc1. The number of anilines is 1. The van der Waals surface area contributed by atoms with E-state index in [1.54, 1.807) is 16.8 Å². The lowest BCUT2D eigenvalue weighted by molar-refractivity contribution is -0.131. The second-order valence-corrected chi connectivity index (χ2v) is 8.19. The number of carbonyl (C=O) groups is 2. The molecule has 10 heteroatoms. The van der Waals surface area contributed by atoms with E-state index in [-0.39, 0.29) is 24.5 Å². The van der Waals surface area contributed by atoms with Gasteiger partial charge in [0.1, 0.15) is 18.1 Å². The molecule has 0 aliphatic carbocycles. The number of nitrogens with one attached hydrogen (secondary N) is 2. The summed E-state index contributed by atoms with van der Waals surface area (Å²) in [5, 5.41) is 13.7. The Hall–Kier alpha value is -4.08. The zero-order valence-corrected chi connectivity index (χ0v) is 18.9. The number of rotatable bonds is 9.